The number of nitrogens with two attached hydrogens (primary N) is 1. The second kappa shape index (κ2) is 6.86. The molecule has 0 aromatic heterocycles. The van der Waals surface area contributed by atoms with Crippen molar-refractivity contribution in [3.05, 3.63) is 29.3 Å². The Kier molecular flexibility index (Phi) is 4.79. The number of aliphatic imine (C=N–C) groups is 1. The van der Waals surface area contributed by atoms with E-state index in [4.69, 9.17) is 5.73 Å². The first-order valence-corrected chi connectivity index (χ1v) is 8.85. The van der Waals surface area contributed by atoms with E-state index in [2.05, 4.69) is 10.3 Å². The highest BCUT2D eigenvalue weighted by atomic mass is 16.2. The van der Waals surface area contributed by atoms with E-state index >= 15 is 0 Å². The van der Waals surface area contributed by atoms with Crippen LogP contribution in [-0.4, -0.2) is 49.1 Å². The second-order valence-corrected chi connectivity index (χ2v) is 7.25. The zero-order valence-electron chi connectivity index (χ0n) is 14.9. The van der Waals surface area contributed by atoms with Crippen LogP contribution in [0.3, 0.4) is 0 Å². The number of nitrogens with zero attached hydrogens (tertiary/aromatic N) is 2. The molecule has 1 aromatic carbocycles. The molecule has 1 aliphatic heterocycles. The van der Waals surface area contributed by atoms with Gasteiger partial charge in [-0.25, -0.2) is 0 Å². The first-order valence-electron chi connectivity index (χ1n) is 8.85. The summed E-state index contributed by atoms with van der Waals surface area (Å²) in [5, 5.41) is 2.79. The van der Waals surface area contributed by atoms with Crippen LogP contribution in [0.5, 0.6) is 0 Å². The highest BCUT2D eigenvalue weighted by Gasteiger charge is 2.45. The van der Waals surface area contributed by atoms with Gasteiger partial charge in [-0.3, -0.25) is 14.6 Å². The van der Waals surface area contributed by atoms with E-state index in [1.807, 2.05) is 4.90 Å². The average Bonchev–Trinajstić information content (AvgIpc) is 3.35. The third kappa shape index (κ3) is 3.83. The molecule has 1 heterocycles. The van der Waals surface area contributed by atoms with Gasteiger partial charge in [0.1, 0.15) is 6.04 Å². The number of carbonyl (C=O) groups is 2. The van der Waals surface area contributed by atoms with Gasteiger partial charge in [-0.1, -0.05) is 6.07 Å². The van der Waals surface area contributed by atoms with Crippen LogP contribution >= 0.6 is 0 Å². The lowest BCUT2D eigenvalue weighted by molar-refractivity contribution is -0.134. The molecule has 0 radical (unpaired) electrons. The number of hydrogen-bond acceptors (Lipinski definition) is 4. The van der Waals surface area contributed by atoms with Crippen LogP contribution in [0.2, 0.25) is 0 Å². The van der Waals surface area contributed by atoms with Crippen molar-refractivity contribution in [1.82, 2.24) is 10.2 Å². The van der Waals surface area contributed by atoms with Gasteiger partial charge in [0.2, 0.25) is 5.91 Å². The number of nitrogen functional groups attached to an aromatic ring is 1. The van der Waals surface area contributed by atoms with Gasteiger partial charge >= 0.3 is 0 Å². The number of benzene rings is 1. The number of hydrogen-bond donors (Lipinski definition) is 2. The Morgan fingerprint density at radius 3 is 2.52 bits per heavy atom. The lowest BCUT2D eigenvalue weighted by Gasteiger charge is -2.33. The molecule has 0 unspecified atom stereocenters. The summed E-state index contributed by atoms with van der Waals surface area (Å²) in [5.41, 5.74) is 8.17. The smallest absolute Gasteiger partial charge is 0.251 e. The number of likely N-dealkylation sites (tertiary alicyclic amines) is 1. The Balaban J connectivity index is 1.58. The topological polar surface area (TPSA) is 87.8 Å². The fourth-order valence-electron chi connectivity index (χ4n) is 3.47. The van der Waals surface area contributed by atoms with Crippen molar-refractivity contribution in [3.8, 4) is 0 Å². The third-order valence-corrected chi connectivity index (χ3v) is 5.43. The maximum Gasteiger partial charge on any atom is 0.251 e. The van der Waals surface area contributed by atoms with Crippen LogP contribution in [0, 0.1) is 5.41 Å². The molecule has 2 amide bonds. The van der Waals surface area contributed by atoms with Gasteiger partial charge in [-0.05, 0) is 50.2 Å². The molecule has 25 heavy (non-hydrogen) atoms. The molecule has 1 spiro atoms. The quantitative estimate of drug-likeness (QED) is 0.646. The van der Waals surface area contributed by atoms with Crippen LogP contribution in [0.4, 0.5) is 5.69 Å². The number of rotatable bonds is 4. The van der Waals surface area contributed by atoms with Crippen molar-refractivity contribution in [1.29, 1.82) is 0 Å². The number of nitrogens with one attached hydrogen (secondary N) is 1. The Morgan fingerprint density at radius 1 is 1.28 bits per heavy atom. The summed E-state index contributed by atoms with van der Waals surface area (Å²) in [6.45, 7) is 3.34. The molecular formula is C19H26N4O2. The predicted molar refractivity (Wildman–Crippen MR) is 98.8 cm³/mol. The minimum atomic E-state index is -0.543. The van der Waals surface area contributed by atoms with E-state index in [0.717, 1.165) is 31.5 Å². The minimum Gasteiger partial charge on any atom is -0.398 e. The number of amides is 2. The lowest BCUT2D eigenvalue weighted by Crippen LogP contribution is -2.49. The molecule has 1 aromatic rings. The van der Waals surface area contributed by atoms with Gasteiger partial charge in [0.05, 0.1) is 0 Å². The summed E-state index contributed by atoms with van der Waals surface area (Å²) in [6.07, 6.45) is 6.45. The number of piperidine rings is 1. The largest absolute Gasteiger partial charge is 0.398 e. The fourth-order valence-corrected chi connectivity index (χ4v) is 3.47. The first-order chi connectivity index (χ1) is 11.9. The maximum atomic E-state index is 12.6. The Bertz CT molecular complexity index is 699. The van der Waals surface area contributed by atoms with E-state index in [9.17, 15) is 9.59 Å². The van der Waals surface area contributed by atoms with E-state index in [1.54, 1.807) is 38.4 Å². The predicted octanol–water partition coefficient (Wildman–Crippen LogP) is 1.84. The minimum absolute atomic E-state index is 0.00782. The molecule has 134 valence electrons. The molecule has 6 heteroatoms. The summed E-state index contributed by atoms with van der Waals surface area (Å²) in [6, 6.07) is 4.52. The number of anilines is 1. The summed E-state index contributed by atoms with van der Waals surface area (Å²) in [7, 11) is 1.67. The summed E-state index contributed by atoms with van der Waals surface area (Å²) in [5.74, 6) is -0.297. The zero-order valence-corrected chi connectivity index (χ0v) is 14.9. The molecule has 0 bridgehead atoms. The summed E-state index contributed by atoms with van der Waals surface area (Å²) < 4.78 is 0. The molecule has 1 saturated carbocycles. The van der Waals surface area contributed by atoms with E-state index in [0.29, 0.717) is 16.7 Å². The van der Waals surface area contributed by atoms with Crippen molar-refractivity contribution in [3.63, 3.8) is 0 Å². The van der Waals surface area contributed by atoms with Gasteiger partial charge in [-0.15, -0.1) is 0 Å². The first kappa shape index (κ1) is 17.5. The monoisotopic (exact) mass is 342 g/mol. The average molecular weight is 342 g/mol. The van der Waals surface area contributed by atoms with Crippen LogP contribution in [-0.2, 0) is 4.79 Å². The SMILES string of the molecule is CN=Cc1ccc(C(=O)N[C@H](C)C(=O)N2CCC3(CC2)CC3)cc1N. The lowest BCUT2D eigenvalue weighted by atomic mass is 9.93. The van der Waals surface area contributed by atoms with Gasteiger partial charge in [0.25, 0.3) is 5.91 Å². The van der Waals surface area contributed by atoms with Crippen LogP contribution in [0.1, 0.15) is 48.5 Å². The van der Waals surface area contributed by atoms with Gasteiger partial charge in [0.15, 0.2) is 0 Å². The highest BCUT2D eigenvalue weighted by Crippen LogP contribution is 2.53. The molecule has 2 aliphatic rings. The van der Waals surface area contributed by atoms with Gasteiger partial charge in [0, 0.05) is 43.2 Å². The normalized spacial score (nSPS) is 19.8. The Labute approximate surface area is 148 Å². The van der Waals surface area contributed by atoms with Crippen LogP contribution in [0.25, 0.3) is 0 Å². The number of carbonyl (C=O) groups excluding carboxylic acids is 2. The van der Waals surface area contributed by atoms with Gasteiger partial charge in [-0.2, -0.15) is 0 Å². The zero-order chi connectivity index (χ0) is 18.0. The van der Waals surface area contributed by atoms with Crippen LogP contribution < -0.4 is 11.1 Å². The fraction of sp³-hybridized carbons (Fsp3) is 0.526. The Hall–Kier alpha value is -2.37. The molecule has 1 saturated heterocycles. The second-order valence-electron chi connectivity index (χ2n) is 7.25. The maximum absolute atomic E-state index is 12.6. The third-order valence-electron chi connectivity index (χ3n) is 5.43. The molecular weight excluding hydrogens is 316 g/mol. The molecule has 1 atom stereocenters. The molecule has 6 nitrogen and oxygen atoms in total. The highest BCUT2D eigenvalue weighted by molar-refractivity contribution is 5.99. The molecule has 1 aliphatic carbocycles. The Morgan fingerprint density at radius 2 is 1.96 bits per heavy atom. The summed E-state index contributed by atoms with van der Waals surface area (Å²) >= 11 is 0. The van der Waals surface area contributed by atoms with Crippen molar-refractivity contribution in [2.24, 2.45) is 10.4 Å². The molecule has 3 N–H and O–H groups in total. The van der Waals surface area contributed by atoms with Crippen molar-refractivity contribution in [2.45, 2.75) is 38.6 Å². The molecule has 2 fully saturated rings. The van der Waals surface area contributed by atoms with E-state index in [1.165, 1.54) is 12.8 Å². The van der Waals surface area contributed by atoms with Crippen molar-refractivity contribution >= 4 is 23.7 Å². The van der Waals surface area contributed by atoms with Crippen LogP contribution in [0.15, 0.2) is 23.2 Å². The summed E-state index contributed by atoms with van der Waals surface area (Å²) in [4.78, 5) is 30.8. The van der Waals surface area contributed by atoms with Crippen molar-refractivity contribution in [2.75, 3.05) is 25.9 Å². The standard InChI is InChI=1S/C19H26N4O2/c1-13(18(25)23-9-7-19(5-6-19)8-10-23)22-17(24)14-3-4-15(12-21-2)16(20)11-14/h3-4,11-13H,5-10,20H2,1-2H3,(H,22,24)/t13-/m1/s1. The van der Waals surface area contributed by atoms with Crippen molar-refractivity contribution < 1.29 is 9.59 Å². The van der Waals surface area contributed by atoms with E-state index in [-0.39, 0.29) is 11.8 Å². The van der Waals surface area contributed by atoms with Gasteiger partial charge < -0.3 is 16.0 Å². The molecule has 3 rings (SSSR count). The van der Waals surface area contributed by atoms with E-state index < -0.39 is 6.04 Å².